The molecule has 0 bridgehead atoms. The third-order valence-corrected chi connectivity index (χ3v) is 4.92. The Bertz CT molecular complexity index is 1170. The molecule has 3 aromatic carbocycles. The van der Waals surface area contributed by atoms with Gasteiger partial charge in [-0.3, -0.25) is 4.79 Å². The maximum atomic E-state index is 12.4. The Morgan fingerprint density at radius 1 is 1.03 bits per heavy atom. The van der Waals surface area contributed by atoms with Crippen LogP contribution in [0.2, 0.25) is 0 Å². The van der Waals surface area contributed by atoms with Gasteiger partial charge in [0.15, 0.2) is 0 Å². The summed E-state index contributed by atoms with van der Waals surface area (Å²) in [4.78, 5) is 17.0. The molecule has 4 aromatic rings. The minimum Gasteiger partial charge on any atom is -0.329 e. The molecule has 5 nitrogen and oxygen atoms in total. The van der Waals surface area contributed by atoms with Gasteiger partial charge in [0.05, 0.1) is 17.2 Å². The van der Waals surface area contributed by atoms with Gasteiger partial charge in [0, 0.05) is 12.1 Å². The van der Waals surface area contributed by atoms with Crippen molar-refractivity contribution in [3.63, 3.8) is 0 Å². The molecule has 1 N–H and O–H groups in total. The fourth-order valence-electron chi connectivity index (χ4n) is 3.41. The number of nitrogens with zero attached hydrogens (tertiary/aromatic N) is 3. The number of hydrogen-bond acceptors (Lipinski definition) is 3. The molecule has 0 aliphatic heterocycles. The van der Waals surface area contributed by atoms with Gasteiger partial charge in [0.2, 0.25) is 0 Å². The minimum atomic E-state index is -0.257. The number of hydrazone groups is 1. The van der Waals surface area contributed by atoms with E-state index in [2.05, 4.69) is 39.1 Å². The van der Waals surface area contributed by atoms with Crippen LogP contribution >= 0.6 is 0 Å². The number of rotatable bonds is 5. The van der Waals surface area contributed by atoms with E-state index >= 15 is 0 Å². The summed E-state index contributed by atoms with van der Waals surface area (Å²) >= 11 is 0. The second-order valence-electron chi connectivity index (χ2n) is 6.79. The summed E-state index contributed by atoms with van der Waals surface area (Å²) in [7, 11) is 0. The molecule has 0 unspecified atom stereocenters. The van der Waals surface area contributed by atoms with Crippen molar-refractivity contribution in [3.05, 3.63) is 89.7 Å². The number of fused-ring (bicyclic) bond motifs is 1. The zero-order valence-corrected chi connectivity index (χ0v) is 16.5. The van der Waals surface area contributed by atoms with Crippen LogP contribution in [-0.4, -0.2) is 21.7 Å². The fraction of sp³-hybridized carbons (Fsp3) is 0.125. The van der Waals surface area contributed by atoms with Crippen LogP contribution < -0.4 is 5.43 Å². The molecule has 0 spiro atoms. The number of benzene rings is 3. The first-order valence-corrected chi connectivity index (χ1v) is 9.61. The second kappa shape index (κ2) is 8.10. The molecule has 0 aliphatic rings. The molecule has 0 radical (unpaired) electrons. The molecule has 5 heteroatoms. The maximum absolute atomic E-state index is 12.4. The first-order valence-electron chi connectivity index (χ1n) is 9.61. The summed E-state index contributed by atoms with van der Waals surface area (Å²) in [5.41, 5.74) is 8.20. The quantitative estimate of drug-likeness (QED) is 0.398. The topological polar surface area (TPSA) is 59.3 Å². The predicted octanol–water partition coefficient (Wildman–Crippen LogP) is 4.80. The lowest BCUT2D eigenvalue weighted by Crippen LogP contribution is -2.17. The molecule has 29 heavy (non-hydrogen) atoms. The highest BCUT2D eigenvalue weighted by Gasteiger charge is 2.10. The summed E-state index contributed by atoms with van der Waals surface area (Å²) < 4.78 is 2.12. The Kier molecular flexibility index (Phi) is 5.20. The lowest BCUT2D eigenvalue weighted by Gasteiger charge is -2.03. The first kappa shape index (κ1) is 18.6. The van der Waals surface area contributed by atoms with Gasteiger partial charge in [0.25, 0.3) is 5.91 Å². The average molecular weight is 382 g/mol. The van der Waals surface area contributed by atoms with Crippen molar-refractivity contribution in [1.29, 1.82) is 0 Å². The van der Waals surface area contributed by atoms with E-state index in [0.717, 1.165) is 34.5 Å². The van der Waals surface area contributed by atoms with Gasteiger partial charge in [0.1, 0.15) is 5.82 Å². The lowest BCUT2D eigenvalue weighted by atomic mass is 10.0. The highest BCUT2D eigenvalue weighted by Crippen LogP contribution is 2.19. The molecule has 0 saturated carbocycles. The third-order valence-electron chi connectivity index (χ3n) is 4.92. The van der Waals surface area contributed by atoms with E-state index in [9.17, 15) is 4.79 Å². The molecule has 0 aliphatic carbocycles. The first-order chi connectivity index (χ1) is 14.2. The number of nitrogens with one attached hydrogen (secondary N) is 1. The zero-order chi connectivity index (χ0) is 20.2. The summed E-state index contributed by atoms with van der Waals surface area (Å²) in [5, 5.41) is 4.09. The van der Waals surface area contributed by atoms with Crippen LogP contribution in [0.4, 0.5) is 0 Å². The van der Waals surface area contributed by atoms with Gasteiger partial charge in [-0.2, -0.15) is 5.10 Å². The highest BCUT2D eigenvalue weighted by atomic mass is 16.2. The number of amides is 1. The van der Waals surface area contributed by atoms with Crippen molar-refractivity contribution in [3.8, 4) is 11.1 Å². The highest BCUT2D eigenvalue weighted by molar-refractivity contribution is 5.98. The normalized spacial score (nSPS) is 11.2. The molecule has 1 aromatic heterocycles. The van der Waals surface area contributed by atoms with Gasteiger partial charge in [-0.1, -0.05) is 54.6 Å². The molecule has 0 atom stereocenters. The van der Waals surface area contributed by atoms with E-state index in [0.29, 0.717) is 5.56 Å². The van der Waals surface area contributed by atoms with Crippen LogP contribution in [0.5, 0.6) is 0 Å². The lowest BCUT2D eigenvalue weighted by molar-refractivity contribution is 0.0955. The largest absolute Gasteiger partial charge is 0.329 e. The summed E-state index contributed by atoms with van der Waals surface area (Å²) in [6.07, 6.45) is 1.64. The molecule has 1 amide bonds. The smallest absolute Gasteiger partial charge is 0.271 e. The van der Waals surface area contributed by atoms with Gasteiger partial charge >= 0.3 is 0 Å². The number of imidazole rings is 1. The predicted molar refractivity (Wildman–Crippen MR) is 117 cm³/mol. The van der Waals surface area contributed by atoms with Crippen LogP contribution in [0.15, 0.2) is 77.9 Å². The van der Waals surface area contributed by atoms with Crippen molar-refractivity contribution in [1.82, 2.24) is 15.0 Å². The number of carbonyl (C=O) groups excluding carboxylic acids is 1. The molecule has 4 rings (SSSR count). The van der Waals surface area contributed by atoms with Crippen molar-refractivity contribution < 1.29 is 4.79 Å². The third kappa shape index (κ3) is 3.94. The van der Waals surface area contributed by atoms with Gasteiger partial charge in [-0.25, -0.2) is 10.4 Å². The van der Waals surface area contributed by atoms with E-state index in [1.54, 1.807) is 18.3 Å². The standard InChI is InChI=1S/C24H22N4O/c1-3-28-17(2)26-22-15-21(13-14-23(22)28)24(29)27-25-16-18-9-11-20(12-10-18)19-7-5-4-6-8-19/h4-16H,3H2,1-2H3,(H,27,29). The zero-order valence-electron chi connectivity index (χ0n) is 16.5. The average Bonchev–Trinajstić information content (AvgIpc) is 3.08. The summed E-state index contributed by atoms with van der Waals surface area (Å²) in [6.45, 7) is 4.90. The second-order valence-corrected chi connectivity index (χ2v) is 6.79. The Hall–Kier alpha value is -3.73. The molecule has 144 valence electrons. The Labute approximate surface area is 169 Å². The molecule has 0 saturated heterocycles. The van der Waals surface area contributed by atoms with Gasteiger partial charge < -0.3 is 4.57 Å². The van der Waals surface area contributed by atoms with Gasteiger partial charge in [-0.05, 0) is 48.7 Å². The number of aromatic nitrogens is 2. The van der Waals surface area contributed by atoms with E-state index < -0.39 is 0 Å². The van der Waals surface area contributed by atoms with Crippen molar-refractivity contribution in [2.24, 2.45) is 5.10 Å². The molecular formula is C24H22N4O. The van der Waals surface area contributed by atoms with Crippen LogP contribution in [-0.2, 0) is 6.54 Å². The van der Waals surface area contributed by atoms with Crippen LogP contribution in [0.3, 0.4) is 0 Å². The SMILES string of the molecule is CCn1c(C)nc2cc(C(=O)NN=Cc3ccc(-c4ccccc4)cc3)ccc21. The van der Waals surface area contributed by atoms with E-state index in [-0.39, 0.29) is 5.91 Å². The fourth-order valence-corrected chi connectivity index (χ4v) is 3.41. The van der Waals surface area contributed by atoms with Crippen LogP contribution in [0, 0.1) is 6.92 Å². The van der Waals surface area contributed by atoms with Crippen LogP contribution in [0.25, 0.3) is 22.2 Å². The van der Waals surface area contributed by atoms with E-state index in [1.165, 1.54) is 5.56 Å². The van der Waals surface area contributed by atoms with Crippen molar-refractivity contribution in [2.75, 3.05) is 0 Å². The number of carbonyl (C=O) groups is 1. The molecule has 0 fully saturated rings. The monoisotopic (exact) mass is 382 g/mol. The van der Waals surface area contributed by atoms with Crippen molar-refractivity contribution in [2.45, 2.75) is 20.4 Å². The van der Waals surface area contributed by atoms with E-state index in [1.807, 2.05) is 55.5 Å². The molecular weight excluding hydrogens is 360 g/mol. The maximum Gasteiger partial charge on any atom is 0.271 e. The minimum absolute atomic E-state index is 0.257. The molecule has 1 heterocycles. The van der Waals surface area contributed by atoms with Crippen LogP contribution in [0.1, 0.15) is 28.7 Å². The summed E-state index contributed by atoms with van der Waals surface area (Å²) in [5.74, 6) is 0.685. The number of hydrogen-bond donors (Lipinski definition) is 1. The van der Waals surface area contributed by atoms with E-state index in [4.69, 9.17) is 0 Å². The Morgan fingerprint density at radius 3 is 2.48 bits per heavy atom. The Morgan fingerprint density at radius 2 is 1.76 bits per heavy atom. The Balaban J connectivity index is 1.44. The van der Waals surface area contributed by atoms with Gasteiger partial charge in [-0.15, -0.1) is 0 Å². The number of aryl methyl sites for hydroxylation is 2. The van der Waals surface area contributed by atoms with Crippen molar-refractivity contribution >= 4 is 23.2 Å². The summed E-state index contributed by atoms with van der Waals surface area (Å²) in [6, 6.07) is 23.8.